The lowest BCUT2D eigenvalue weighted by atomic mass is 10.0. The maximum Gasteiger partial charge on any atom is 0.225 e. The van der Waals surface area contributed by atoms with Crippen LogP contribution in [0.5, 0.6) is 0 Å². The Morgan fingerprint density at radius 3 is 2.76 bits per heavy atom. The van der Waals surface area contributed by atoms with Crippen molar-refractivity contribution in [2.75, 3.05) is 6.54 Å². The third kappa shape index (κ3) is 2.75. The number of rotatable bonds is 3. The number of fused-ring (bicyclic) bond motifs is 1. The Labute approximate surface area is 148 Å². The van der Waals surface area contributed by atoms with Crippen molar-refractivity contribution in [3.63, 3.8) is 0 Å². The Morgan fingerprint density at radius 2 is 2.04 bits per heavy atom. The van der Waals surface area contributed by atoms with Crippen molar-refractivity contribution < 1.29 is 4.79 Å². The molecule has 2 aliphatic rings. The molecule has 4 rings (SSSR count). The molecule has 1 aliphatic heterocycles. The van der Waals surface area contributed by atoms with Gasteiger partial charge < -0.3 is 9.47 Å². The first-order chi connectivity index (χ1) is 12.1. The summed E-state index contributed by atoms with van der Waals surface area (Å²) in [5.41, 5.74) is 3.21. The van der Waals surface area contributed by atoms with Crippen LogP contribution < -0.4 is 0 Å². The molecular formula is C18H26N6O. The van der Waals surface area contributed by atoms with E-state index >= 15 is 0 Å². The number of hydrogen-bond donors (Lipinski definition) is 0. The van der Waals surface area contributed by atoms with E-state index in [1.54, 1.807) is 6.33 Å². The van der Waals surface area contributed by atoms with Gasteiger partial charge in [0.15, 0.2) is 5.82 Å². The maximum absolute atomic E-state index is 12.9. The van der Waals surface area contributed by atoms with Gasteiger partial charge in [0, 0.05) is 49.8 Å². The second-order valence-electron chi connectivity index (χ2n) is 7.54. The van der Waals surface area contributed by atoms with E-state index in [1.807, 2.05) is 21.2 Å². The number of amides is 1. The van der Waals surface area contributed by atoms with Crippen LogP contribution in [0, 0.1) is 5.92 Å². The van der Waals surface area contributed by atoms with Crippen molar-refractivity contribution in [1.82, 2.24) is 29.4 Å². The lowest BCUT2D eigenvalue weighted by Crippen LogP contribution is -2.39. The van der Waals surface area contributed by atoms with Gasteiger partial charge in [-0.05, 0) is 26.7 Å². The summed E-state index contributed by atoms with van der Waals surface area (Å²) in [5.74, 6) is 1.34. The molecule has 2 aromatic heterocycles. The van der Waals surface area contributed by atoms with Crippen LogP contribution >= 0.6 is 0 Å². The lowest BCUT2D eigenvalue weighted by molar-refractivity contribution is -0.136. The normalized spacial score (nSPS) is 18.2. The largest absolute Gasteiger partial charge is 0.338 e. The summed E-state index contributed by atoms with van der Waals surface area (Å²) in [6.45, 7) is 5.65. The average Bonchev–Trinajstić information content (AvgIpc) is 3.34. The zero-order valence-corrected chi connectivity index (χ0v) is 15.3. The minimum absolute atomic E-state index is 0.223. The van der Waals surface area contributed by atoms with Gasteiger partial charge in [-0.15, -0.1) is 10.2 Å². The van der Waals surface area contributed by atoms with Gasteiger partial charge in [-0.3, -0.25) is 9.48 Å². The van der Waals surface area contributed by atoms with Gasteiger partial charge in [-0.2, -0.15) is 5.10 Å². The van der Waals surface area contributed by atoms with Crippen LogP contribution in [0.2, 0.25) is 0 Å². The van der Waals surface area contributed by atoms with Crippen molar-refractivity contribution >= 4 is 5.91 Å². The number of aryl methyl sites for hydroxylation is 1. The Balaban J connectivity index is 1.67. The van der Waals surface area contributed by atoms with E-state index in [1.165, 1.54) is 18.5 Å². The first kappa shape index (κ1) is 16.3. The number of aromatic nitrogens is 5. The lowest BCUT2D eigenvalue weighted by Gasteiger charge is -2.30. The van der Waals surface area contributed by atoms with Crippen molar-refractivity contribution in [3.8, 4) is 11.5 Å². The molecule has 7 nitrogen and oxygen atoms in total. The Bertz CT molecular complexity index is 784. The SMILES string of the molecule is CC(C)n1cnnc1-c1nn(C)c2c1CN(C(=O)C1CCCC1)CC2. The summed E-state index contributed by atoms with van der Waals surface area (Å²) in [4.78, 5) is 14.9. The van der Waals surface area contributed by atoms with Crippen molar-refractivity contribution in [2.24, 2.45) is 13.0 Å². The molecular weight excluding hydrogens is 316 g/mol. The molecule has 0 bridgehead atoms. The highest BCUT2D eigenvalue weighted by molar-refractivity contribution is 5.79. The zero-order chi connectivity index (χ0) is 17.6. The molecule has 0 unspecified atom stereocenters. The maximum atomic E-state index is 12.9. The topological polar surface area (TPSA) is 68.8 Å². The predicted molar refractivity (Wildman–Crippen MR) is 93.7 cm³/mol. The fourth-order valence-corrected chi connectivity index (χ4v) is 4.18. The fourth-order valence-electron chi connectivity index (χ4n) is 4.18. The van der Waals surface area contributed by atoms with E-state index in [9.17, 15) is 4.79 Å². The minimum atomic E-state index is 0.223. The summed E-state index contributed by atoms with van der Waals surface area (Å²) >= 11 is 0. The summed E-state index contributed by atoms with van der Waals surface area (Å²) in [6.07, 6.45) is 7.07. The van der Waals surface area contributed by atoms with Crippen molar-refractivity contribution in [1.29, 1.82) is 0 Å². The summed E-state index contributed by atoms with van der Waals surface area (Å²) in [7, 11) is 1.98. The molecule has 1 saturated carbocycles. The van der Waals surface area contributed by atoms with Crippen LogP contribution in [-0.4, -0.2) is 41.9 Å². The highest BCUT2D eigenvalue weighted by atomic mass is 16.2. The van der Waals surface area contributed by atoms with Gasteiger partial charge >= 0.3 is 0 Å². The monoisotopic (exact) mass is 342 g/mol. The smallest absolute Gasteiger partial charge is 0.225 e. The Morgan fingerprint density at radius 1 is 1.28 bits per heavy atom. The van der Waals surface area contributed by atoms with E-state index in [2.05, 4.69) is 24.0 Å². The third-order valence-electron chi connectivity index (χ3n) is 5.60. The molecule has 0 saturated heterocycles. The molecule has 25 heavy (non-hydrogen) atoms. The van der Waals surface area contributed by atoms with Gasteiger partial charge in [0.1, 0.15) is 12.0 Å². The third-order valence-corrected chi connectivity index (χ3v) is 5.60. The van der Waals surface area contributed by atoms with Crippen LogP contribution in [0.4, 0.5) is 0 Å². The first-order valence-electron chi connectivity index (χ1n) is 9.29. The van der Waals surface area contributed by atoms with E-state index in [0.717, 1.165) is 42.9 Å². The predicted octanol–water partition coefficient (Wildman–Crippen LogP) is 2.33. The Kier molecular flexibility index (Phi) is 4.09. The number of carbonyl (C=O) groups is 1. The molecule has 7 heteroatoms. The zero-order valence-electron chi connectivity index (χ0n) is 15.3. The van der Waals surface area contributed by atoms with Crippen molar-refractivity contribution in [2.45, 2.75) is 58.5 Å². The van der Waals surface area contributed by atoms with Crippen LogP contribution in [0.3, 0.4) is 0 Å². The first-order valence-corrected chi connectivity index (χ1v) is 9.29. The van der Waals surface area contributed by atoms with Crippen LogP contribution in [0.1, 0.15) is 56.8 Å². The van der Waals surface area contributed by atoms with E-state index in [-0.39, 0.29) is 12.0 Å². The fraction of sp³-hybridized carbons (Fsp3) is 0.667. The molecule has 0 radical (unpaired) electrons. The molecule has 2 aromatic rings. The van der Waals surface area contributed by atoms with Crippen LogP contribution in [0.15, 0.2) is 6.33 Å². The number of carbonyl (C=O) groups excluding carboxylic acids is 1. The highest BCUT2D eigenvalue weighted by Gasteiger charge is 2.33. The molecule has 3 heterocycles. The second kappa shape index (κ2) is 6.28. The quantitative estimate of drug-likeness (QED) is 0.858. The molecule has 1 aliphatic carbocycles. The number of nitrogens with zero attached hydrogens (tertiary/aromatic N) is 6. The summed E-state index contributed by atoms with van der Waals surface area (Å²) in [6, 6.07) is 0.266. The molecule has 134 valence electrons. The van der Waals surface area contributed by atoms with Crippen molar-refractivity contribution in [3.05, 3.63) is 17.6 Å². The molecule has 0 aromatic carbocycles. The molecule has 0 spiro atoms. The molecule has 0 atom stereocenters. The van der Waals surface area contributed by atoms with Gasteiger partial charge in [-0.1, -0.05) is 12.8 Å². The summed E-state index contributed by atoms with van der Waals surface area (Å²) in [5, 5.41) is 13.1. The van der Waals surface area contributed by atoms with Gasteiger partial charge in [-0.25, -0.2) is 0 Å². The molecule has 1 amide bonds. The second-order valence-corrected chi connectivity index (χ2v) is 7.54. The van der Waals surface area contributed by atoms with Crippen LogP contribution in [-0.2, 0) is 24.8 Å². The Hall–Kier alpha value is -2.18. The molecule has 0 N–H and O–H groups in total. The van der Waals surface area contributed by atoms with Gasteiger partial charge in [0.2, 0.25) is 5.91 Å². The molecule has 1 fully saturated rings. The van der Waals surface area contributed by atoms with E-state index in [4.69, 9.17) is 5.10 Å². The van der Waals surface area contributed by atoms with E-state index < -0.39 is 0 Å². The summed E-state index contributed by atoms with van der Waals surface area (Å²) < 4.78 is 3.99. The standard InChI is InChI=1S/C18H26N6O/c1-12(2)24-11-19-20-17(24)16-14-10-23(9-8-15(14)22(3)21-16)18(25)13-6-4-5-7-13/h11-13H,4-10H2,1-3H3. The minimum Gasteiger partial charge on any atom is -0.338 e. The van der Waals surface area contributed by atoms with Gasteiger partial charge in [0.05, 0.1) is 0 Å². The van der Waals surface area contributed by atoms with Crippen LogP contribution in [0.25, 0.3) is 11.5 Å². The number of hydrogen-bond acceptors (Lipinski definition) is 4. The highest BCUT2D eigenvalue weighted by Crippen LogP contribution is 2.32. The average molecular weight is 342 g/mol. The van der Waals surface area contributed by atoms with E-state index in [0.29, 0.717) is 12.5 Å². The van der Waals surface area contributed by atoms with Gasteiger partial charge in [0.25, 0.3) is 0 Å².